The summed E-state index contributed by atoms with van der Waals surface area (Å²) in [6.45, 7) is 8.62. The summed E-state index contributed by atoms with van der Waals surface area (Å²) in [4.78, 5) is 10.5. The molecule has 1 aromatic carbocycles. The molecular weight excluding hydrogens is 481 g/mol. The van der Waals surface area contributed by atoms with Gasteiger partial charge in [-0.1, -0.05) is 71.2 Å². The summed E-state index contributed by atoms with van der Waals surface area (Å²) in [5, 5.41) is 8.06. The third kappa shape index (κ3) is 6.03. The van der Waals surface area contributed by atoms with Crippen molar-refractivity contribution in [3.63, 3.8) is 0 Å². The standard InChI is InChI=1S/C28H31F3N4S/c1-5-6-7-8-9-18-14-15-36-25(18)23-16-21(22-17-24(35-34-22)28(29,30)31)32-26(33-23)19-10-12-20(13-11-19)27(2,3)4/h10-17H,5-9H2,1-4H3,(H,34,35). The number of halogens is 3. The zero-order chi connectivity index (χ0) is 25.9. The Labute approximate surface area is 214 Å². The lowest BCUT2D eigenvalue weighted by molar-refractivity contribution is -0.141. The molecule has 3 heterocycles. The van der Waals surface area contributed by atoms with Crippen LogP contribution in [-0.2, 0) is 18.0 Å². The first-order valence-corrected chi connectivity index (χ1v) is 13.1. The van der Waals surface area contributed by atoms with Crippen molar-refractivity contribution >= 4 is 11.3 Å². The van der Waals surface area contributed by atoms with Crippen LogP contribution in [0.1, 0.15) is 70.2 Å². The quantitative estimate of drug-likeness (QED) is 0.240. The number of H-pyrrole nitrogens is 1. The van der Waals surface area contributed by atoms with Gasteiger partial charge in [0.25, 0.3) is 0 Å². The molecule has 0 aliphatic rings. The Balaban J connectivity index is 1.77. The minimum absolute atomic E-state index is 0.000912. The van der Waals surface area contributed by atoms with Crippen LogP contribution in [0, 0.1) is 0 Å². The van der Waals surface area contributed by atoms with E-state index in [1.807, 2.05) is 29.6 Å². The fourth-order valence-electron chi connectivity index (χ4n) is 4.04. The fraction of sp³-hybridized carbons (Fsp3) is 0.393. The first kappa shape index (κ1) is 26.1. The maximum atomic E-state index is 13.2. The smallest absolute Gasteiger partial charge is 0.273 e. The molecule has 190 valence electrons. The number of hydrogen-bond acceptors (Lipinski definition) is 4. The van der Waals surface area contributed by atoms with Gasteiger partial charge in [-0.25, -0.2) is 9.97 Å². The van der Waals surface area contributed by atoms with E-state index in [9.17, 15) is 13.2 Å². The molecule has 0 unspecified atom stereocenters. The number of thiophene rings is 1. The molecule has 0 amide bonds. The molecule has 4 rings (SSSR count). The maximum Gasteiger partial charge on any atom is 0.432 e. The van der Waals surface area contributed by atoms with E-state index in [1.54, 1.807) is 17.4 Å². The largest absolute Gasteiger partial charge is 0.432 e. The van der Waals surface area contributed by atoms with Gasteiger partial charge in [0.1, 0.15) is 11.4 Å². The van der Waals surface area contributed by atoms with Gasteiger partial charge < -0.3 is 0 Å². The first-order chi connectivity index (χ1) is 17.1. The highest BCUT2D eigenvalue weighted by atomic mass is 32.1. The van der Waals surface area contributed by atoms with Crippen LogP contribution in [0.5, 0.6) is 0 Å². The van der Waals surface area contributed by atoms with E-state index in [2.05, 4.69) is 48.9 Å². The van der Waals surface area contributed by atoms with Gasteiger partial charge in [0, 0.05) is 5.56 Å². The number of alkyl halides is 3. The molecule has 0 aliphatic heterocycles. The summed E-state index contributed by atoms with van der Waals surface area (Å²) in [6.07, 6.45) is 1.06. The summed E-state index contributed by atoms with van der Waals surface area (Å²) in [6, 6.07) is 12.9. The van der Waals surface area contributed by atoms with Crippen molar-refractivity contribution in [1.82, 2.24) is 20.2 Å². The van der Waals surface area contributed by atoms with Gasteiger partial charge in [0.2, 0.25) is 0 Å². The molecule has 36 heavy (non-hydrogen) atoms. The van der Waals surface area contributed by atoms with Crippen molar-refractivity contribution in [2.24, 2.45) is 0 Å². The minimum atomic E-state index is -4.51. The van der Waals surface area contributed by atoms with Crippen LogP contribution in [0.25, 0.3) is 33.3 Å². The first-order valence-electron chi connectivity index (χ1n) is 12.3. The lowest BCUT2D eigenvalue weighted by Crippen LogP contribution is -2.10. The van der Waals surface area contributed by atoms with E-state index in [1.165, 1.54) is 30.4 Å². The number of aryl methyl sites for hydroxylation is 1. The van der Waals surface area contributed by atoms with Gasteiger partial charge in [0.15, 0.2) is 5.82 Å². The minimum Gasteiger partial charge on any atom is -0.273 e. The van der Waals surface area contributed by atoms with E-state index in [0.717, 1.165) is 29.3 Å². The van der Waals surface area contributed by atoms with Crippen LogP contribution in [0.2, 0.25) is 0 Å². The van der Waals surface area contributed by atoms with Gasteiger partial charge >= 0.3 is 6.18 Å². The number of nitrogens with one attached hydrogen (secondary N) is 1. The van der Waals surface area contributed by atoms with Gasteiger partial charge in [-0.3, -0.25) is 5.10 Å². The molecule has 0 bridgehead atoms. The van der Waals surface area contributed by atoms with Gasteiger partial charge in [-0.15, -0.1) is 11.3 Å². The van der Waals surface area contributed by atoms with E-state index in [0.29, 0.717) is 17.2 Å². The summed E-state index contributed by atoms with van der Waals surface area (Å²) in [7, 11) is 0. The molecule has 0 radical (unpaired) electrons. The van der Waals surface area contributed by atoms with Crippen LogP contribution in [-0.4, -0.2) is 20.2 Å². The summed E-state index contributed by atoms with van der Waals surface area (Å²) in [5.41, 5.74) is 3.47. The van der Waals surface area contributed by atoms with Crippen molar-refractivity contribution in [2.75, 3.05) is 0 Å². The Morgan fingerprint density at radius 1 is 0.861 bits per heavy atom. The summed E-state index contributed by atoms with van der Waals surface area (Å²) < 4.78 is 39.7. The average molecular weight is 513 g/mol. The SMILES string of the molecule is CCCCCCc1ccsc1-c1cc(-c2cc(C(F)(F)F)[nH]n2)nc(-c2ccc(C(C)(C)C)cc2)n1. The lowest BCUT2D eigenvalue weighted by atomic mass is 9.86. The molecule has 4 aromatic rings. The second-order valence-electron chi connectivity index (χ2n) is 10.0. The molecule has 1 N–H and O–H groups in total. The molecule has 0 fully saturated rings. The number of rotatable bonds is 8. The van der Waals surface area contributed by atoms with Crippen LogP contribution in [0.3, 0.4) is 0 Å². The van der Waals surface area contributed by atoms with Crippen molar-refractivity contribution in [2.45, 2.75) is 71.4 Å². The molecule has 3 aromatic heterocycles. The van der Waals surface area contributed by atoms with Crippen LogP contribution in [0.4, 0.5) is 13.2 Å². The molecule has 4 nitrogen and oxygen atoms in total. The number of benzene rings is 1. The van der Waals surface area contributed by atoms with Crippen molar-refractivity contribution in [1.29, 1.82) is 0 Å². The highest BCUT2D eigenvalue weighted by molar-refractivity contribution is 7.13. The maximum absolute atomic E-state index is 13.2. The number of unbranched alkanes of at least 4 members (excludes halogenated alkanes) is 3. The van der Waals surface area contributed by atoms with Gasteiger partial charge in [-0.05, 0) is 53.0 Å². The second-order valence-corrected chi connectivity index (χ2v) is 11.0. The number of nitrogens with zero attached hydrogens (tertiary/aromatic N) is 3. The van der Waals surface area contributed by atoms with E-state index in [4.69, 9.17) is 4.98 Å². The van der Waals surface area contributed by atoms with Gasteiger partial charge in [-0.2, -0.15) is 18.3 Å². The zero-order valence-electron chi connectivity index (χ0n) is 21.0. The predicted molar refractivity (Wildman–Crippen MR) is 140 cm³/mol. The number of aromatic nitrogens is 4. The number of hydrogen-bond donors (Lipinski definition) is 1. The predicted octanol–water partition coefficient (Wildman–Crippen LogP) is 8.70. The van der Waals surface area contributed by atoms with Gasteiger partial charge in [0.05, 0.1) is 16.3 Å². The normalized spacial score (nSPS) is 12.3. The molecule has 0 saturated heterocycles. The van der Waals surface area contributed by atoms with Crippen molar-refractivity contribution in [3.05, 3.63) is 64.7 Å². The van der Waals surface area contributed by atoms with E-state index in [-0.39, 0.29) is 11.1 Å². The van der Waals surface area contributed by atoms with Crippen molar-refractivity contribution in [3.8, 4) is 33.3 Å². The number of aromatic amines is 1. The average Bonchev–Trinajstić information content (AvgIpc) is 3.51. The molecule has 0 saturated carbocycles. The Kier molecular flexibility index (Phi) is 7.64. The highest BCUT2D eigenvalue weighted by Gasteiger charge is 2.33. The third-order valence-electron chi connectivity index (χ3n) is 6.16. The monoisotopic (exact) mass is 512 g/mol. The highest BCUT2D eigenvalue weighted by Crippen LogP contribution is 2.35. The molecule has 8 heteroatoms. The summed E-state index contributed by atoms with van der Waals surface area (Å²) in [5.74, 6) is 0.463. The topological polar surface area (TPSA) is 54.5 Å². The molecule has 0 spiro atoms. The molecule has 0 aliphatic carbocycles. The zero-order valence-corrected chi connectivity index (χ0v) is 21.9. The van der Waals surface area contributed by atoms with E-state index >= 15 is 0 Å². The van der Waals surface area contributed by atoms with E-state index < -0.39 is 11.9 Å². The fourth-order valence-corrected chi connectivity index (χ4v) is 4.96. The Morgan fingerprint density at radius 2 is 1.58 bits per heavy atom. The van der Waals surface area contributed by atoms with Crippen LogP contribution < -0.4 is 0 Å². The Morgan fingerprint density at radius 3 is 2.22 bits per heavy atom. The Hall–Kier alpha value is -3.00. The molecular formula is C28H31F3N4S. The lowest BCUT2D eigenvalue weighted by Gasteiger charge is -2.19. The second kappa shape index (κ2) is 10.5. The Bertz CT molecular complexity index is 1300. The molecule has 0 atom stereocenters. The van der Waals surface area contributed by atoms with Crippen LogP contribution in [0.15, 0.2) is 47.8 Å². The van der Waals surface area contributed by atoms with Crippen molar-refractivity contribution < 1.29 is 13.2 Å². The van der Waals surface area contributed by atoms with Crippen LogP contribution >= 0.6 is 11.3 Å². The summed E-state index contributed by atoms with van der Waals surface area (Å²) >= 11 is 1.59. The third-order valence-corrected chi connectivity index (χ3v) is 7.14.